The maximum Gasteiger partial charge on any atom is 0.257 e. The van der Waals surface area contributed by atoms with Crippen molar-refractivity contribution in [2.24, 2.45) is 0 Å². The van der Waals surface area contributed by atoms with E-state index in [-0.39, 0.29) is 30.4 Å². The largest absolute Gasteiger partial charge is 0.373 e. The van der Waals surface area contributed by atoms with Gasteiger partial charge in [0.2, 0.25) is 5.95 Å². The van der Waals surface area contributed by atoms with Crippen molar-refractivity contribution in [1.82, 2.24) is 14.9 Å². The van der Waals surface area contributed by atoms with Crippen LogP contribution in [0.1, 0.15) is 28.9 Å². The molecule has 3 atom stereocenters. The van der Waals surface area contributed by atoms with Crippen molar-refractivity contribution in [3.8, 4) is 0 Å². The molecule has 0 aliphatic carbocycles. The van der Waals surface area contributed by atoms with Crippen LogP contribution in [0, 0.1) is 11.8 Å². The number of ether oxygens (including phenoxy) is 2. The summed E-state index contributed by atoms with van der Waals surface area (Å²) in [6, 6.07) is 6.15. The molecule has 2 aliphatic rings. The third kappa shape index (κ3) is 3.68. The van der Waals surface area contributed by atoms with Crippen LogP contribution in [0.4, 0.5) is 8.78 Å². The highest BCUT2D eigenvalue weighted by atomic mass is 19.1. The quantitative estimate of drug-likeness (QED) is 0.768. The van der Waals surface area contributed by atoms with Crippen LogP contribution < -0.4 is 0 Å². The van der Waals surface area contributed by atoms with Crippen LogP contribution in [-0.4, -0.2) is 52.2 Å². The van der Waals surface area contributed by atoms with Crippen LogP contribution in [-0.2, 0) is 16.1 Å². The Morgan fingerprint density at radius 3 is 3.04 bits per heavy atom. The number of rotatable bonds is 4. The van der Waals surface area contributed by atoms with Gasteiger partial charge in [-0.05, 0) is 25.0 Å². The van der Waals surface area contributed by atoms with Crippen molar-refractivity contribution in [1.29, 1.82) is 0 Å². The first-order chi connectivity index (χ1) is 13.1. The van der Waals surface area contributed by atoms with Gasteiger partial charge in [-0.15, -0.1) is 0 Å². The Bertz CT molecular complexity index is 821. The molecule has 27 heavy (non-hydrogen) atoms. The molecule has 4 rings (SSSR count). The molecule has 0 saturated carbocycles. The van der Waals surface area contributed by atoms with E-state index in [9.17, 15) is 13.6 Å². The first-order valence-corrected chi connectivity index (χ1v) is 8.88. The number of hydrogen-bond acceptors (Lipinski definition) is 5. The number of carbonyl (C=O) groups excluding carboxylic acids is 1. The lowest BCUT2D eigenvalue weighted by Crippen LogP contribution is -2.44. The second-order valence-electron chi connectivity index (χ2n) is 6.66. The molecule has 0 unspecified atom stereocenters. The van der Waals surface area contributed by atoms with Crippen molar-refractivity contribution in [2.75, 3.05) is 13.2 Å². The number of aromatic nitrogens is 2. The van der Waals surface area contributed by atoms with Crippen molar-refractivity contribution in [3.05, 3.63) is 59.7 Å². The maximum absolute atomic E-state index is 14.0. The van der Waals surface area contributed by atoms with E-state index in [2.05, 4.69) is 9.97 Å². The van der Waals surface area contributed by atoms with E-state index in [1.165, 1.54) is 4.90 Å². The summed E-state index contributed by atoms with van der Waals surface area (Å²) >= 11 is 0. The number of likely N-dealkylation sites (tertiary alicyclic amines) is 1. The Balaban J connectivity index is 1.52. The predicted molar refractivity (Wildman–Crippen MR) is 90.8 cm³/mol. The summed E-state index contributed by atoms with van der Waals surface area (Å²) in [5, 5.41) is 0. The molecule has 6 nitrogen and oxygen atoms in total. The first-order valence-electron chi connectivity index (χ1n) is 8.88. The van der Waals surface area contributed by atoms with E-state index in [1.807, 2.05) is 18.2 Å². The zero-order valence-corrected chi connectivity index (χ0v) is 14.6. The summed E-state index contributed by atoms with van der Waals surface area (Å²) in [6.07, 6.45) is 3.30. The minimum atomic E-state index is -0.890. The number of carbonyl (C=O) groups is 1. The maximum atomic E-state index is 14.0. The summed E-state index contributed by atoms with van der Waals surface area (Å²) < 4.78 is 39.2. The van der Waals surface area contributed by atoms with Crippen LogP contribution in [0.15, 0.2) is 36.7 Å². The molecule has 0 aromatic carbocycles. The number of hydrogen-bond donors (Lipinski definition) is 0. The van der Waals surface area contributed by atoms with Gasteiger partial charge in [0, 0.05) is 18.9 Å². The lowest BCUT2D eigenvalue weighted by Gasteiger charge is -2.32. The van der Waals surface area contributed by atoms with Gasteiger partial charge in [0.05, 0.1) is 36.6 Å². The van der Waals surface area contributed by atoms with Crippen molar-refractivity contribution >= 4 is 5.91 Å². The Kier molecular flexibility index (Phi) is 5.09. The zero-order valence-electron chi connectivity index (χ0n) is 14.6. The van der Waals surface area contributed by atoms with Crippen LogP contribution in [0.2, 0.25) is 0 Å². The zero-order chi connectivity index (χ0) is 18.8. The van der Waals surface area contributed by atoms with Gasteiger partial charge in [0.15, 0.2) is 5.82 Å². The monoisotopic (exact) mass is 375 g/mol. The Hall–Kier alpha value is -2.45. The molecular weight excluding hydrogens is 356 g/mol. The first kappa shape index (κ1) is 17.9. The SMILES string of the molecule is O=C(c1cc(F)ncc1F)N1C[C@H](OCc2ccccn2)[C@H]2OCCC[C@H]21. The summed E-state index contributed by atoms with van der Waals surface area (Å²) in [7, 11) is 0. The molecule has 8 heteroatoms. The fraction of sp³-hybridized carbons (Fsp3) is 0.421. The molecular formula is C19H19F2N3O3. The normalized spacial score (nSPS) is 24.7. The highest BCUT2D eigenvalue weighted by Crippen LogP contribution is 2.32. The van der Waals surface area contributed by atoms with E-state index in [1.54, 1.807) is 6.20 Å². The molecule has 2 aliphatic heterocycles. The average Bonchev–Trinajstić information content (AvgIpc) is 3.07. The molecule has 0 N–H and O–H groups in total. The molecule has 0 spiro atoms. The van der Waals surface area contributed by atoms with E-state index in [0.717, 1.165) is 30.8 Å². The topological polar surface area (TPSA) is 64.6 Å². The summed E-state index contributed by atoms with van der Waals surface area (Å²) in [5.74, 6) is -2.30. The van der Waals surface area contributed by atoms with Gasteiger partial charge in [-0.2, -0.15) is 4.39 Å². The van der Waals surface area contributed by atoms with Gasteiger partial charge < -0.3 is 14.4 Å². The Morgan fingerprint density at radius 2 is 2.22 bits per heavy atom. The third-order valence-electron chi connectivity index (χ3n) is 4.96. The van der Waals surface area contributed by atoms with Crippen LogP contribution in [0.25, 0.3) is 0 Å². The molecule has 0 radical (unpaired) electrons. The van der Waals surface area contributed by atoms with Crippen LogP contribution in [0.3, 0.4) is 0 Å². The lowest BCUT2D eigenvalue weighted by atomic mass is 10.0. The van der Waals surface area contributed by atoms with E-state index in [0.29, 0.717) is 13.2 Å². The molecule has 2 aromatic heterocycles. The van der Waals surface area contributed by atoms with E-state index >= 15 is 0 Å². The molecule has 2 fully saturated rings. The summed E-state index contributed by atoms with van der Waals surface area (Å²) in [5.41, 5.74) is 0.453. The molecule has 0 bridgehead atoms. The van der Waals surface area contributed by atoms with Gasteiger partial charge in [0.25, 0.3) is 5.91 Å². The van der Waals surface area contributed by atoms with Crippen LogP contribution >= 0.6 is 0 Å². The molecule has 1 amide bonds. The van der Waals surface area contributed by atoms with Crippen LogP contribution in [0.5, 0.6) is 0 Å². The minimum absolute atomic E-state index is 0.226. The summed E-state index contributed by atoms with van der Waals surface area (Å²) in [6.45, 7) is 1.13. The lowest BCUT2D eigenvalue weighted by molar-refractivity contribution is -0.0814. The van der Waals surface area contributed by atoms with Crippen molar-refractivity contribution in [2.45, 2.75) is 37.7 Å². The highest BCUT2D eigenvalue weighted by Gasteiger charge is 2.47. The smallest absolute Gasteiger partial charge is 0.257 e. The molecule has 2 aromatic rings. The van der Waals surface area contributed by atoms with Gasteiger partial charge in [-0.25, -0.2) is 9.37 Å². The molecule has 142 valence electrons. The predicted octanol–water partition coefficient (Wildman–Crippen LogP) is 2.34. The van der Waals surface area contributed by atoms with Gasteiger partial charge in [-0.1, -0.05) is 6.07 Å². The fourth-order valence-corrected chi connectivity index (χ4v) is 3.70. The Morgan fingerprint density at radius 1 is 1.33 bits per heavy atom. The number of amides is 1. The van der Waals surface area contributed by atoms with Gasteiger partial charge in [-0.3, -0.25) is 9.78 Å². The van der Waals surface area contributed by atoms with Crippen molar-refractivity contribution in [3.63, 3.8) is 0 Å². The Labute approximate surface area is 155 Å². The highest BCUT2D eigenvalue weighted by molar-refractivity contribution is 5.95. The standard InChI is InChI=1S/C19H19F2N3O3/c20-14-9-23-17(21)8-13(14)19(25)24-10-16(18-15(24)5-3-7-26-18)27-11-12-4-1-2-6-22-12/h1-2,4,6,8-9,15-16,18H,3,5,7,10-11H2/t15-,16+,18+/m1/s1. The van der Waals surface area contributed by atoms with Crippen molar-refractivity contribution < 1.29 is 23.0 Å². The fourth-order valence-electron chi connectivity index (χ4n) is 3.70. The number of pyridine rings is 2. The number of halogens is 2. The molecule has 4 heterocycles. The van der Waals surface area contributed by atoms with Gasteiger partial charge in [0.1, 0.15) is 12.2 Å². The molecule has 2 saturated heterocycles. The second kappa shape index (κ2) is 7.66. The third-order valence-corrected chi connectivity index (χ3v) is 4.96. The number of nitrogens with zero attached hydrogens (tertiary/aromatic N) is 3. The van der Waals surface area contributed by atoms with E-state index in [4.69, 9.17) is 9.47 Å². The summed E-state index contributed by atoms with van der Waals surface area (Å²) in [4.78, 5) is 21.9. The minimum Gasteiger partial charge on any atom is -0.373 e. The van der Waals surface area contributed by atoms with E-state index < -0.39 is 17.7 Å². The number of fused-ring (bicyclic) bond motifs is 1. The van der Waals surface area contributed by atoms with Gasteiger partial charge >= 0.3 is 0 Å². The average molecular weight is 375 g/mol. The second-order valence-corrected chi connectivity index (χ2v) is 6.66.